The molecule has 1 aromatic carbocycles. The van der Waals surface area contributed by atoms with E-state index in [0.717, 1.165) is 77.7 Å². The van der Waals surface area contributed by atoms with E-state index in [2.05, 4.69) is 37.4 Å². The van der Waals surface area contributed by atoms with Crippen LogP contribution in [-0.2, 0) is 4.74 Å². The number of fused-ring (bicyclic) bond motifs is 1. The van der Waals surface area contributed by atoms with Crippen molar-refractivity contribution in [1.29, 1.82) is 0 Å². The molecule has 0 aliphatic carbocycles. The van der Waals surface area contributed by atoms with Crippen LogP contribution in [-0.4, -0.2) is 102 Å². The van der Waals surface area contributed by atoms with Crippen LogP contribution < -0.4 is 15.4 Å². The summed E-state index contributed by atoms with van der Waals surface area (Å²) in [7, 11) is 2.59. The van der Waals surface area contributed by atoms with Gasteiger partial charge in [-0.1, -0.05) is 18.5 Å². The average molecular weight is 560 g/mol. The molecule has 12 heteroatoms. The second-order valence-electron chi connectivity index (χ2n) is 9.39. The molecule has 5 rings (SSSR count). The van der Waals surface area contributed by atoms with Crippen LogP contribution in [0, 0.1) is 0 Å². The molecule has 0 saturated carbocycles. The molecule has 4 N–H and O–H groups in total. The summed E-state index contributed by atoms with van der Waals surface area (Å²) in [6, 6.07) is 5.96. The van der Waals surface area contributed by atoms with Gasteiger partial charge in [0.05, 0.1) is 36.4 Å². The Morgan fingerprint density at radius 2 is 1.95 bits per heavy atom. The molecule has 0 bridgehead atoms. The highest BCUT2D eigenvalue weighted by Gasteiger charge is 2.28. The van der Waals surface area contributed by atoms with E-state index in [4.69, 9.17) is 26.2 Å². The van der Waals surface area contributed by atoms with Gasteiger partial charge in [0.2, 0.25) is 5.95 Å². The lowest BCUT2D eigenvalue weighted by atomic mass is 10.0. The Bertz CT molecular complexity index is 1240. The first-order chi connectivity index (χ1) is 19.1. The number of hydrogen-bond donors (Lipinski definition) is 4. The third-order valence-corrected chi connectivity index (χ3v) is 7.33. The fraction of sp³-hybridized carbons (Fsp3) is 0.519. The van der Waals surface area contributed by atoms with Gasteiger partial charge in [-0.25, -0.2) is 0 Å². The number of aliphatic hydroxyl groups excluding tert-OH is 1. The Balaban J connectivity index is 0.00000172. The lowest BCUT2D eigenvalue weighted by Gasteiger charge is -2.40. The summed E-state index contributed by atoms with van der Waals surface area (Å²) in [5.74, 6) is 1.62. The van der Waals surface area contributed by atoms with Crippen molar-refractivity contribution in [3.05, 3.63) is 35.0 Å². The van der Waals surface area contributed by atoms with Crippen LogP contribution in [0.2, 0.25) is 5.02 Å². The van der Waals surface area contributed by atoms with E-state index < -0.39 is 0 Å². The van der Waals surface area contributed by atoms with Crippen LogP contribution in [0.1, 0.15) is 36.5 Å². The number of rotatable bonds is 8. The Kier molecular flexibility index (Phi) is 10.2. The number of aromatic nitrogens is 3. The van der Waals surface area contributed by atoms with E-state index in [-0.39, 0.29) is 5.91 Å². The molecule has 2 saturated heterocycles. The maximum atomic E-state index is 13.3. The van der Waals surface area contributed by atoms with Gasteiger partial charge in [0.25, 0.3) is 5.91 Å². The zero-order valence-electron chi connectivity index (χ0n) is 22.8. The van der Waals surface area contributed by atoms with Gasteiger partial charge in [-0.2, -0.15) is 9.97 Å². The van der Waals surface area contributed by atoms with Crippen molar-refractivity contribution in [2.45, 2.75) is 32.2 Å². The Labute approximate surface area is 233 Å². The predicted octanol–water partition coefficient (Wildman–Crippen LogP) is 3.73. The SMILES string of the molecule is CCCNc1nc(Nc2ccc(C(=O)N3CCC(N4CCOCC4)CC3)cc2OC)nc2[nH]cc(Cl)c12.CO. The van der Waals surface area contributed by atoms with E-state index >= 15 is 0 Å². The molecular formula is C27H38ClN7O4. The molecule has 2 aromatic heterocycles. The van der Waals surface area contributed by atoms with Gasteiger partial charge in [0.15, 0.2) is 0 Å². The summed E-state index contributed by atoms with van der Waals surface area (Å²) >= 11 is 6.34. The highest BCUT2D eigenvalue weighted by molar-refractivity contribution is 6.36. The molecule has 11 nitrogen and oxygen atoms in total. The number of aromatic amines is 1. The average Bonchev–Trinajstić information content (AvgIpc) is 3.37. The number of H-pyrrole nitrogens is 1. The number of anilines is 3. The number of morpholine rings is 1. The first-order valence-electron chi connectivity index (χ1n) is 13.4. The molecule has 0 unspecified atom stereocenters. The number of amides is 1. The maximum Gasteiger partial charge on any atom is 0.253 e. The minimum Gasteiger partial charge on any atom is -0.495 e. The number of nitrogens with one attached hydrogen (secondary N) is 3. The number of ether oxygens (including phenoxy) is 2. The van der Waals surface area contributed by atoms with Gasteiger partial charge in [0.1, 0.15) is 17.2 Å². The van der Waals surface area contributed by atoms with Gasteiger partial charge in [0, 0.05) is 57.6 Å². The Hall–Kier alpha value is -3.12. The van der Waals surface area contributed by atoms with E-state index in [9.17, 15) is 4.79 Å². The summed E-state index contributed by atoms with van der Waals surface area (Å²) in [5, 5.41) is 14.9. The third kappa shape index (κ3) is 6.73. The lowest BCUT2D eigenvalue weighted by molar-refractivity contribution is 0.00159. The normalized spacial score (nSPS) is 16.5. The minimum atomic E-state index is 0.0232. The molecule has 0 radical (unpaired) electrons. The number of methoxy groups -OCH3 is 1. The zero-order chi connectivity index (χ0) is 27.8. The van der Waals surface area contributed by atoms with Crippen molar-refractivity contribution in [1.82, 2.24) is 24.8 Å². The van der Waals surface area contributed by atoms with Crippen molar-refractivity contribution in [3.8, 4) is 5.75 Å². The zero-order valence-corrected chi connectivity index (χ0v) is 23.6. The standard InChI is InChI=1S/C26H34ClN7O3.CH4O/c1-3-8-28-23-22-19(27)16-29-24(22)32-26(31-23)30-20-5-4-17(15-21(20)36-2)25(35)34-9-6-18(7-10-34)33-11-13-37-14-12-33;1-2/h4-5,15-16,18H,3,6-14H2,1-2H3,(H3,28,29,30,31,32);2H,1H3. The first kappa shape index (κ1) is 28.9. The smallest absolute Gasteiger partial charge is 0.253 e. The minimum absolute atomic E-state index is 0.0232. The van der Waals surface area contributed by atoms with E-state index in [1.807, 2.05) is 17.0 Å². The van der Waals surface area contributed by atoms with Crippen LogP contribution in [0.15, 0.2) is 24.4 Å². The predicted molar refractivity (Wildman–Crippen MR) is 153 cm³/mol. The van der Waals surface area contributed by atoms with Crippen molar-refractivity contribution < 1.29 is 19.4 Å². The van der Waals surface area contributed by atoms with Crippen molar-refractivity contribution >= 4 is 46.0 Å². The molecule has 2 aliphatic heterocycles. The molecular weight excluding hydrogens is 522 g/mol. The fourth-order valence-corrected chi connectivity index (χ4v) is 5.26. The number of piperidine rings is 1. The summed E-state index contributed by atoms with van der Waals surface area (Å²) in [6.07, 6.45) is 4.62. The fourth-order valence-electron chi connectivity index (χ4n) is 5.03. The Morgan fingerprint density at radius 3 is 2.64 bits per heavy atom. The molecule has 39 heavy (non-hydrogen) atoms. The number of nitrogens with zero attached hydrogens (tertiary/aromatic N) is 4. The summed E-state index contributed by atoms with van der Waals surface area (Å²) in [5.41, 5.74) is 1.90. The number of benzene rings is 1. The maximum absolute atomic E-state index is 13.3. The largest absolute Gasteiger partial charge is 0.495 e. The van der Waals surface area contributed by atoms with Gasteiger partial charge >= 0.3 is 0 Å². The molecule has 4 heterocycles. The van der Waals surface area contributed by atoms with Crippen LogP contribution in [0.3, 0.4) is 0 Å². The van der Waals surface area contributed by atoms with Crippen molar-refractivity contribution in [2.24, 2.45) is 0 Å². The van der Waals surface area contributed by atoms with Crippen LogP contribution in [0.25, 0.3) is 11.0 Å². The lowest BCUT2D eigenvalue weighted by Crippen LogP contribution is -2.50. The topological polar surface area (TPSA) is 128 Å². The van der Waals surface area contributed by atoms with E-state index in [1.54, 1.807) is 19.4 Å². The van der Waals surface area contributed by atoms with E-state index in [1.165, 1.54) is 0 Å². The second-order valence-corrected chi connectivity index (χ2v) is 9.80. The van der Waals surface area contributed by atoms with Gasteiger partial charge < -0.3 is 35.1 Å². The number of carbonyl (C=O) groups is 1. The van der Waals surface area contributed by atoms with Crippen molar-refractivity contribution in [3.63, 3.8) is 0 Å². The van der Waals surface area contributed by atoms with Crippen molar-refractivity contribution in [2.75, 3.05) is 70.8 Å². The molecule has 3 aromatic rings. The Morgan fingerprint density at radius 1 is 1.21 bits per heavy atom. The summed E-state index contributed by atoms with van der Waals surface area (Å²) in [4.78, 5) is 30.0. The molecule has 0 spiro atoms. The molecule has 1 amide bonds. The molecule has 0 atom stereocenters. The molecule has 2 fully saturated rings. The second kappa shape index (κ2) is 13.8. The van der Waals surface area contributed by atoms with Crippen LogP contribution in [0.4, 0.5) is 17.5 Å². The number of carbonyl (C=O) groups excluding carboxylic acids is 1. The summed E-state index contributed by atoms with van der Waals surface area (Å²) < 4.78 is 11.1. The molecule has 212 valence electrons. The summed E-state index contributed by atoms with van der Waals surface area (Å²) in [6.45, 7) is 7.91. The highest BCUT2D eigenvalue weighted by Crippen LogP contribution is 2.32. The number of aliphatic hydroxyl groups is 1. The van der Waals surface area contributed by atoms with Gasteiger partial charge in [-0.05, 0) is 37.5 Å². The van der Waals surface area contributed by atoms with Gasteiger partial charge in [-0.3, -0.25) is 9.69 Å². The number of hydrogen-bond acceptors (Lipinski definition) is 9. The van der Waals surface area contributed by atoms with Crippen LogP contribution >= 0.6 is 11.6 Å². The third-order valence-electron chi connectivity index (χ3n) is 7.03. The number of halogens is 1. The first-order valence-corrected chi connectivity index (χ1v) is 13.7. The van der Waals surface area contributed by atoms with Gasteiger partial charge in [-0.15, -0.1) is 0 Å². The molecule has 2 aliphatic rings. The quantitative estimate of drug-likeness (QED) is 0.326. The number of likely N-dealkylation sites (tertiary alicyclic amines) is 1. The monoisotopic (exact) mass is 559 g/mol. The highest BCUT2D eigenvalue weighted by atomic mass is 35.5. The van der Waals surface area contributed by atoms with E-state index in [0.29, 0.717) is 45.5 Å². The van der Waals surface area contributed by atoms with Crippen LogP contribution in [0.5, 0.6) is 5.75 Å².